The highest BCUT2D eigenvalue weighted by Crippen LogP contribution is 2.50. The summed E-state index contributed by atoms with van der Waals surface area (Å²) in [6.07, 6.45) is 1.79. The smallest absolute Gasteiger partial charge is 0.340 e. The molecule has 2 N–H and O–H groups in total. The van der Waals surface area contributed by atoms with E-state index in [1.807, 2.05) is 6.07 Å². The van der Waals surface area contributed by atoms with Gasteiger partial charge in [0.15, 0.2) is 34.3 Å². The number of hydrogen-bond acceptors (Lipinski definition) is 9. The minimum absolute atomic E-state index is 0.0489. The van der Waals surface area contributed by atoms with Gasteiger partial charge in [0.1, 0.15) is 28.5 Å². The number of aromatic nitrogens is 4. The van der Waals surface area contributed by atoms with Crippen molar-refractivity contribution < 1.29 is 23.1 Å². The topological polar surface area (TPSA) is 124 Å². The van der Waals surface area contributed by atoms with Gasteiger partial charge >= 0.3 is 5.97 Å². The fourth-order valence-corrected chi connectivity index (χ4v) is 7.66. The molecule has 2 aromatic heterocycles. The third-order valence-electron chi connectivity index (χ3n) is 8.92. The number of esters is 1. The number of hydrogen-bond donors (Lipinski definition) is 1. The molecule has 3 aromatic rings. The Labute approximate surface area is 264 Å². The first-order valence-electron chi connectivity index (χ1n) is 14.1. The second-order valence-corrected chi connectivity index (χ2v) is 24.9. The number of ether oxygens (including phenoxy) is 2. The van der Waals surface area contributed by atoms with Crippen molar-refractivity contribution >= 4 is 62.2 Å². The summed E-state index contributed by atoms with van der Waals surface area (Å²) in [5.41, 5.74) is 7.53. The fourth-order valence-electron chi connectivity index (χ4n) is 4.15. The Bertz CT molecular complexity index is 1420. The lowest BCUT2D eigenvalue weighted by atomic mass is 10.1. The third kappa shape index (κ3) is 6.31. The van der Waals surface area contributed by atoms with Crippen LogP contribution in [0.15, 0.2) is 43.0 Å². The summed E-state index contributed by atoms with van der Waals surface area (Å²) in [5, 5.41) is -0.149. The van der Waals surface area contributed by atoms with Gasteiger partial charge in [-0.05, 0) is 48.4 Å². The van der Waals surface area contributed by atoms with E-state index in [4.69, 9.17) is 24.1 Å². The summed E-state index contributed by atoms with van der Waals surface area (Å²) in [4.78, 5) is 26.7. The number of alkyl halides is 1. The van der Waals surface area contributed by atoms with Crippen LogP contribution < -0.4 is 5.73 Å². The van der Waals surface area contributed by atoms with Gasteiger partial charge in [-0.1, -0.05) is 82.3 Å². The first kappa shape index (κ1) is 33.0. The van der Waals surface area contributed by atoms with Crippen LogP contribution in [-0.4, -0.2) is 64.5 Å². The number of anilines is 1. The molecule has 230 valence electrons. The van der Waals surface area contributed by atoms with Gasteiger partial charge in [-0.25, -0.2) is 19.7 Å². The molecule has 1 aliphatic rings. The second-order valence-electron chi connectivity index (χ2n) is 14.0. The van der Waals surface area contributed by atoms with Crippen LogP contribution in [0.2, 0.25) is 36.3 Å². The van der Waals surface area contributed by atoms with E-state index < -0.39 is 44.6 Å². The van der Waals surface area contributed by atoms with E-state index in [1.165, 1.54) is 6.33 Å². The van der Waals surface area contributed by atoms with Crippen LogP contribution in [0.3, 0.4) is 0 Å². The van der Waals surface area contributed by atoms with Crippen molar-refractivity contribution in [3.05, 3.63) is 48.5 Å². The van der Waals surface area contributed by atoms with Crippen LogP contribution >= 0.6 is 22.6 Å². The van der Waals surface area contributed by atoms with E-state index in [2.05, 4.69) is 105 Å². The van der Waals surface area contributed by atoms with Crippen molar-refractivity contribution in [3.63, 3.8) is 0 Å². The number of rotatable bonds is 8. The summed E-state index contributed by atoms with van der Waals surface area (Å²) in [7, 11) is -4.63. The monoisotopic (exact) mass is 725 g/mol. The fraction of sp³-hybridized carbons (Fsp3) is 0.586. The van der Waals surface area contributed by atoms with E-state index in [0.29, 0.717) is 16.7 Å². The number of nitrogen functional groups attached to an aromatic ring is 1. The summed E-state index contributed by atoms with van der Waals surface area (Å²) in [5.74, 6) is -1.69. The molecule has 0 amide bonds. The molecule has 3 heterocycles. The normalized spacial score (nSPS) is 23.8. The Morgan fingerprint density at radius 1 is 1.02 bits per heavy atom. The largest absolute Gasteiger partial charge is 0.426 e. The molecule has 1 aromatic carbocycles. The number of halogens is 1. The Morgan fingerprint density at radius 2 is 1.64 bits per heavy atom. The van der Waals surface area contributed by atoms with Gasteiger partial charge in [0.25, 0.3) is 5.79 Å². The zero-order valence-corrected chi connectivity index (χ0v) is 30.4. The van der Waals surface area contributed by atoms with Crippen LogP contribution in [0.1, 0.15) is 58.1 Å². The van der Waals surface area contributed by atoms with Crippen LogP contribution in [0.25, 0.3) is 11.2 Å². The highest BCUT2D eigenvalue weighted by atomic mass is 127. The first-order valence-corrected chi connectivity index (χ1v) is 21.2. The number of carbonyl (C=O) groups excluding carboxylic acids is 1. The molecule has 1 saturated heterocycles. The minimum atomic E-state index is -2.35. The molecule has 42 heavy (non-hydrogen) atoms. The lowest BCUT2D eigenvalue weighted by Gasteiger charge is -2.41. The SMILES string of the molecule is CC(C)(C)[Si](C)(C)OC[C@@]1(OC(=O)c2ccccc2)O[C@@H](n2cnc3c(N)ncnc32)[C@H](O[Si](C)(C)C(C)(C)C)[C@@H]1I. The summed E-state index contributed by atoms with van der Waals surface area (Å²) in [6, 6.07) is 8.93. The van der Waals surface area contributed by atoms with E-state index in [9.17, 15) is 4.79 Å². The molecule has 4 rings (SSSR count). The van der Waals surface area contributed by atoms with Crippen LogP contribution in [0, 0.1) is 0 Å². The molecular formula is C29H44IN5O5Si2. The molecule has 4 atom stereocenters. The van der Waals surface area contributed by atoms with Gasteiger partial charge in [-0.2, -0.15) is 0 Å². The van der Waals surface area contributed by atoms with Crippen LogP contribution in [0.5, 0.6) is 0 Å². The molecule has 1 aliphatic heterocycles. The maximum Gasteiger partial charge on any atom is 0.340 e. The van der Waals surface area contributed by atoms with E-state index in [0.717, 1.165) is 0 Å². The lowest BCUT2D eigenvalue weighted by Crippen LogP contribution is -2.54. The average Bonchev–Trinajstić information content (AvgIpc) is 3.43. The Morgan fingerprint density at radius 3 is 2.24 bits per heavy atom. The predicted octanol–water partition coefficient (Wildman–Crippen LogP) is 6.71. The molecule has 10 nitrogen and oxygen atoms in total. The van der Waals surface area contributed by atoms with Crippen molar-refractivity contribution in [2.45, 2.75) is 99.9 Å². The summed E-state index contributed by atoms with van der Waals surface area (Å²) < 4.78 is 28.4. The molecule has 0 radical (unpaired) electrons. The molecule has 13 heteroatoms. The highest BCUT2D eigenvalue weighted by molar-refractivity contribution is 14.1. The molecule has 0 unspecified atom stereocenters. The van der Waals surface area contributed by atoms with Gasteiger partial charge in [0, 0.05) is 0 Å². The molecule has 0 aliphatic carbocycles. The van der Waals surface area contributed by atoms with Gasteiger partial charge in [-0.3, -0.25) is 4.57 Å². The van der Waals surface area contributed by atoms with Gasteiger partial charge in [0.05, 0.1) is 11.9 Å². The number of nitrogens with zero attached hydrogens (tertiary/aromatic N) is 4. The van der Waals surface area contributed by atoms with Crippen molar-refractivity contribution in [2.24, 2.45) is 0 Å². The van der Waals surface area contributed by atoms with Crippen molar-refractivity contribution in [2.75, 3.05) is 12.3 Å². The summed E-state index contributed by atoms with van der Waals surface area (Å²) >= 11 is 2.31. The minimum Gasteiger partial charge on any atom is -0.426 e. The zero-order chi connectivity index (χ0) is 31.3. The average molecular weight is 726 g/mol. The second kappa shape index (κ2) is 11.5. The third-order valence-corrected chi connectivity index (χ3v) is 19.5. The maximum absolute atomic E-state index is 13.6. The van der Waals surface area contributed by atoms with Crippen molar-refractivity contribution in [1.29, 1.82) is 0 Å². The maximum atomic E-state index is 13.6. The number of nitrogens with two attached hydrogens (primary N) is 1. The zero-order valence-electron chi connectivity index (χ0n) is 26.3. The molecule has 0 spiro atoms. The van der Waals surface area contributed by atoms with Crippen molar-refractivity contribution in [1.82, 2.24) is 19.5 Å². The molecule has 1 fully saturated rings. The Kier molecular flexibility index (Phi) is 9.06. The Hall–Kier alpha value is -1.92. The van der Waals surface area contributed by atoms with E-state index >= 15 is 0 Å². The number of imidazole rings is 1. The number of fused-ring (bicyclic) bond motifs is 1. The standard InChI is InChI=1S/C29H44IN5O5Si2/c1-27(2,3)41(7,8)37-16-29(39-26(36)19-14-12-11-13-15-19)22(30)21(40-42(9,10)28(4,5)6)25(38-29)35-18-34-20-23(31)32-17-33-24(20)35/h11-15,17-18,21-22,25H,16H2,1-10H3,(H2,31,32,33)/t21-,22+,25-,29+/m1/s1. The predicted molar refractivity (Wildman–Crippen MR) is 177 cm³/mol. The lowest BCUT2D eigenvalue weighted by molar-refractivity contribution is -0.220. The van der Waals surface area contributed by atoms with Crippen molar-refractivity contribution in [3.8, 4) is 0 Å². The number of benzene rings is 1. The van der Waals surface area contributed by atoms with E-state index in [1.54, 1.807) is 35.2 Å². The quantitative estimate of drug-likeness (QED) is 0.117. The van der Waals surface area contributed by atoms with Gasteiger partial charge in [-0.15, -0.1) is 0 Å². The van der Waals surface area contributed by atoms with Gasteiger partial charge < -0.3 is 24.1 Å². The summed E-state index contributed by atoms with van der Waals surface area (Å²) in [6.45, 7) is 21.9. The van der Waals surface area contributed by atoms with Gasteiger partial charge in [0.2, 0.25) is 0 Å². The first-order chi connectivity index (χ1) is 19.3. The molecule has 0 saturated carbocycles. The molecule has 0 bridgehead atoms. The highest BCUT2D eigenvalue weighted by Gasteiger charge is 2.61. The molecular weight excluding hydrogens is 681 g/mol. The number of carbonyl (C=O) groups is 1. The van der Waals surface area contributed by atoms with Crippen LogP contribution in [-0.2, 0) is 18.3 Å². The van der Waals surface area contributed by atoms with E-state index in [-0.39, 0.29) is 22.5 Å². The van der Waals surface area contributed by atoms with Crippen LogP contribution in [0.4, 0.5) is 5.82 Å². The Balaban J connectivity index is 1.85.